The lowest BCUT2D eigenvalue weighted by atomic mass is 10.3. The van der Waals surface area contributed by atoms with E-state index in [0.29, 0.717) is 0 Å². The number of hydrazine groups is 1. The fraction of sp³-hybridized carbons (Fsp3) is 0.333. The Kier molecular flexibility index (Phi) is 2.93. The Morgan fingerprint density at radius 1 is 1.27 bits per heavy atom. The van der Waals surface area contributed by atoms with E-state index in [9.17, 15) is 0 Å². The van der Waals surface area contributed by atoms with Gasteiger partial charge in [0.1, 0.15) is 0 Å². The van der Waals surface area contributed by atoms with Crippen molar-refractivity contribution >= 4 is 5.69 Å². The summed E-state index contributed by atoms with van der Waals surface area (Å²) in [5.41, 5.74) is 4.36. The van der Waals surface area contributed by atoms with Gasteiger partial charge in [-0.05, 0) is 12.1 Å². The fourth-order valence-corrected chi connectivity index (χ4v) is 0.812. The van der Waals surface area contributed by atoms with Crippen molar-refractivity contribution in [3.63, 3.8) is 0 Å². The molecule has 0 aromatic heterocycles. The van der Waals surface area contributed by atoms with Gasteiger partial charge >= 0.3 is 0 Å². The van der Waals surface area contributed by atoms with Gasteiger partial charge in [-0.2, -0.15) is 0 Å². The molecule has 0 fully saturated rings. The molecule has 2 nitrogen and oxygen atoms in total. The van der Waals surface area contributed by atoms with Gasteiger partial charge in [0.15, 0.2) is 0 Å². The van der Waals surface area contributed by atoms with Gasteiger partial charge in [-0.25, -0.2) is 5.01 Å². The van der Waals surface area contributed by atoms with Crippen molar-refractivity contribution in [1.29, 1.82) is 0 Å². The molecule has 1 aromatic rings. The molecule has 0 atom stereocenters. The van der Waals surface area contributed by atoms with Crippen molar-refractivity contribution in [2.24, 2.45) is 0 Å². The van der Waals surface area contributed by atoms with Gasteiger partial charge in [-0.15, -0.1) is 0 Å². The number of nitrogens with zero attached hydrogens (tertiary/aromatic N) is 1. The third kappa shape index (κ3) is 2.60. The topological polar surface area (TPSA) is 15.3 Å². The van der Waals surface area contributed by atoms with E-state index in [1.807, 2.05) is 42.4 Å². The lowest BCUT2D eigenvalue weighted by Crippen LogP contribution is -2.24. The molecule has 0 aliphatic heterocycles. The van der Waals surface area contributed by atoms with Crippen LogP contribution in [0.3, 0.4) is 0 Å². The van der Waals surface area contributed by atoms with Crippen molar-refractivity contribution in [3.05, 3.63) is 30.3 Å². The second-order valence-electron chi connectivity index (χ2n) is 2.49. The highest BCUT2D eigenvalue weighted by atomic mass is 15.5. The van der Waals surface area contributed by atoms with Crippen LogP contribution in [0, 0.1) is 0 Å². The number of para-hydroxylation sites is 1. The smallest absolute Gasteiger partial charge is 0.0489 e. The maximum Gasteiger partial charge on any atom is 0.0489 e. The molecular formula is C9H14N2. The van der Waals surface area contributed by atoms with E-state index >= 15 is 0 Å². The van der Waals surface area contributed by atoms with Crippen LogP contribution >= 0.6 is 0 Å². The largest absolute Gasteiger partial charge is 0.319 e. The minimum absolute atomic E-state index is 0.995. The van der Waals surface area contributed by atoms with Gasteiger partial charge in [0.05, 0.1) is 0 Å². The highest BCUT2D eigenvalue weighted by Gasteiger charge is 1.91. The predicted molar refractivity (Wildman–Crippen MR) is 48.4 cm³/mol. The molecule has 1 N–H and O–H groups in total. The molecule has 11 heavy (non-hydrogen) atoms. The second-order valence-corrected chi connectivity index (χ2v) is 2.49. The molecule has 1 rings (SSSR count). The third-order valence-electron chi connectivity index (χ3n) is 1.57. The molecule has 0 heterocycles. The van der Waals surface area contributed by atoms with Crippen molar-refractivity contribution < 1.29 is 0 Å². The van der Waals surface area contributed by atoms with Crippen LogP contribution in [0.15, 0.2) is 30.3 Å². The number of benzene rings is 1. The van der Waals surface area contributed by atoms with Crippen LogP contribution in [0.5, 0.6) is 0 Å². The molecule has 0 unspecified atom stereocenters. The summed E-state index contributed by atoms with van der Waals surface area (Å²) in [7, 11) is 2.02. The van der Waals surface area contributed by atoms with E-state index in [1.165, 1.54) is 0 Å². The molecule has 60 valence electrons. The lowest BCUT2D eigenvalue weighted by Gasteiger charge is -2.16. The molecular weight excluding hydrogens is 136 g/mol. The first-order chi connectivity index (χ1) is 5.33. The van der Waals surface area contributed by atoms with Crippen molar-refractivity contribution in [3.8, 4) is 0 Å². The zero-order valence-corrected chi connectivity index (χ0v) is 7.04. The van der Waals surface area contributed by atoms with Gasteiger partial charge in [-0.1, -0.05) is 25.1 Å². The third-order valence-corrected chi connectivity index (χ3v) is 1.57. The Morgan fingerprint density at radius 2 is 1.91 bits per heavy atom. The molecule has 0 aliphatic rings. The minimum atomic E-state index is 0.995. The Morgan fingerprint density at radius 3 is 2.45 bits per heavy atom. The molecule has 0 bridgehead atoms. The summed E-state index contributed by atoms with van der Waals surface area (Å²) in [6.45, 7) is 3.10. The maximum atomic E-state index is 3.22. The molecule has 0 saturated carbocycles. The van der Waals surface area contributed by atoms with E-state index in [0.717, 1.165) is 12.2 Å². The summed E-state index contributed by atoms with van der Waals surface area (Å²) in [4.78, 5) is 0. The first-order valence-electron chi connectivity index (χ1n) is 3.85. The predicted octanol–water partition coefficient (Wildman–Crippen LogP) is 1.97. The molecule has 0 saturated heterocycles. The van der Waals surface area contributed by atoms with E-state index < -0.39 is 0 Å². The van der Waals surface area contributed by atoms with Crippen LogP contribution in [0.4, 0.5) is 5.69 Å². The quantitative estimate of drug-likeness (QED) is 0.663. The second kappa shape index (κ2) is 3.98. The molecule has 0 spiro atoms. The molecule has 0 amide bonds. The molecule has 0 aliphatic carbocycles. The standard InChI is InChI=1S/C9H14N2/c1-3-11(2)10-9-7-5-4-6-8-9/h4-8,10H,3H2,1-2H3. The van der Waals surface area contributed by atoms with Crippen LogP contribution in [0.2, 0.25) is 0 Å². The Bertz CT molecular complexity index is 196. The summed E-state index contributed by atoms with van der Waals surface area (Å²) in [6, 6.07) is 10.1. The Labute approximate surface area is 67.8 Å². The van der Waals surface area contributed by atoms with E-state index in [1.54, 1.807) is 0 Å². The maximum absolute atomic E-state index is 3.22. The van der Waals surface area contributed by atoms with Crippen LogP contribution in [-0.4, -0.2) is 18.6 Å². The first kappa shape index (κ1) is 8.08. The van der Waals surface area contributed by atoms with Gasteiger partial charge in [-0.3, -0.25) is 0 Å². The molecule has 0 radical (unpaired) electrons. The number of hydrogen-bond acceptors (Lipinski definition) is 2. The van der Waals surface area contributed by atoms with Crippen molar-refractivity contribution in [2.45, 2.75) is 6.92 Å². The monoisotopic (exact) mass is 150 g/mol. The minimum Gasteiger partial charge on any atom is -0.319 e. The molecule has 2 heteroatoms. The Hall–Kier alpha value is -1.02. The van der Waals surface area contributed by atoms with Crippen LogP contribution in [-0.2, 0) is 0 Å². The fourth-order valence-electron chi connectivity index (χ4n) is 0.812. The van der Waals surface area contributed by atoms with Crippen LogP contribution in [0.1, 0.15) is 6.92 Å². The van der Waals surface area contributed by atoms with Crippen molar-refractivity contribution in [1.82, 2.24) is 5.01 Å². The van der Waals surface area contributed by atoms with Gasteiger partial charge in [0.25, 0.3) is 0 Å². The zero-order valence-electron chi connectivity index (χ0n) is 7.04. The summed E-state index contributed by atoms with van der Waals surface area (Å²) >= 11 is 0. The van der Waals surface area contributed by atoms with Gasteiger partial charge in [0.2, 0.25) is 0 Å². The Balaban J connectivity index is 2.51. The first-order valence-corrected chi connectivity index (χ1v) is 3.85. The van der Waals surface area contributed by atoms with Crippen LogP contribution < -0.4 is 5.43 Å². The summed E-state index contributed by atoms with van der Waals surface area (Å²) in [6.07, 6.45) is 0. The van der Waals surface area contributed by atoms with E-state index in [2.05, 4.69) is 12.3 Å². The lowest BCUT2D eigenvalue weighted by molar-refractivity contribution is 0.426. The van der Waals surface area contributed by atoms with E-state index in [4.69, 9.17) is 0 Å². The number of hydrogen-bond donors (Lipinski definition) is 1. The number of anilines is 1. The summed E-state index contributed by atoms with van der Waals surface area (Å²) in [5, 5.41) is 2.04. The van der Waals surface area contributed by atoms with Gasteiger partial charge in [0, 0.05) is 19.3 Å². The van der Waals surface area contributed by atoms with E-state index in [-0.39, 0.29) is 0 Å². The number of nitrogens with one attached hydrogen (secondary N) is 1. The molecule has 1 aromatic carbocycles. The summed E-state index contributed by atoms with van der Waals surface area (Å²) in [5.74, 6) is 0. The van der Waals surface area contributed by atoms with Crippen molar-refractivity contribution in [2.75, 3.05) is 19.0 Å². The zero-order chi connectivity index (χ0) is 8.10. The SMILES string of the molecule is CCN(C)Nc1ccccc1. The highest BCUT2D eigenvalue weighted by Crippen LogP contribution is 2.04. The van der Waals surface area contributed by atoms with Gasteiger partial charge < -0.3 is 5.43 Å². The highest BCUT2D eigenvalue weighted by molar-refractivity contribution is 5.41. The summed E-state index contributed by atoms with van der Waals surface area (Å²) < 4.78 is 0. The normalized spacial score (nSPS) is 10.1. The average Bonchev–Trinajstić information content (AvgIpc) is 2.06. The number of rotatable bonds is 3. The van der Waals surface area contributed by atoms with Crippen LogP contribution in [0.25, 0.3) is 0 Å². The average molecular weight is 150 g/mol.